The van der Waals surface area contributed by atoms with Crippen molar-refractivity contribution in [1.82, 2.24) is 0 Å². The summed E-state index contributed by atoms with van der Waals surface area (Å²) in [6.45, 7) is 2.40. The van der Waals surface area contributed by atoms with Crippen LogP contribution in [0.2, 0.25) is 0 Å². The Morgan fingerprint density at radius 2 is 2.07 bits per heavy atom. The van der Waals surface area contributed by atoms with E-state index in [9.17, 15) is 5.11 Å². The lowest BCUT2D eigenvalue weighted by Gasteiger charge is -2.09. The van der Waals surface area contributed by atoms with Crippen molar-refractivity contribution in [2.75, 3.05) is 6.61 Å². The summed E-state index contributed by atoms with van der Waals surface area (Å²) in [7, 11) is 0. The Hall–Kier alpha value is -0.990. The van der Waals surface area contributed by atoms with Crippen molar-refractivity contribution in [1.29, 1.82) is 0 Å². The van der Waals surface area contributed by atoms with Gasteiger partial charge in [0.2, 0.25) is 0 Å². The van der Waals surface area contributed by atoms with Crippen molar-refractivity contribution >= 4 is 11.6 Å². The Labute approximate surface area is 95.1 Å². The molecule has 0 radical (unpaired) electrons. The molecule has 0 spiro atoms. The Morgan fingerprint density at radius 1 is 1.40 bits per heavy atom. The van der Waals surface area contributed by atoms with E-state index in [2.05, 4.69) is 0 Å². The van der Waals surface area contributed by atoms with Crippen LogP contribution in [-0.2, 0) is 0 Å². The first-order valence-electron chi connectivity index (χ1n) is 4.94. The van der Waals surface area contributed by atoms with Crippen molar-refractivity contribution in [2.45, 2.75) is 19.4 Å². The maximum absolute atomic E-state index is 9.56. The molecule has 1 aromatic carbocycles. The normalized spacial score (nSPS) is 13.0. The first-order chi connectivity index (χ1) is 7.27. The maximum Gasteiger partial charge on any atom is 0.119 e. The molecule has 3 heteroatoms. The molecule has 82 valence electrons. The zero-order valence-corrected chi connectivity index (χ0v) is 9.45. The van der Waals surface area contributed by atoms with Crippen LogP contribution in [0.15, 0.2) is 35.9 Å². The Bertz CT molecular complexity index is 306. The number of hydrogen-bond acceptors (Lipinski definition) is 2. The predicted octanol–water partition coefficient (Wildman–Crippen LogP) is 3.26. The molecule has 0 unspecified atom stereocenters. The quantitative estimate of drug-likeness (QED) is 0.835. The van der Waals surface area contributed by atoms with Gasteiger partial charge in [-0.2, -0.15) is 0 Å². The summed E-state index contributed by atoms with van der Waals surface area (Å²) in [5, 5.41) is 9.56. The van der Waals surface area contributed by atoms with Crippen LogP contribution < -0.4 is 4.74 Å². The average Bonchev–Trinajstić information content (AvgIpc) is 2.29. The van der Waals surface area contributed by atoms with Crippen LogP contribution in [-0.4, -0.2) is 11.7 Å². The van der Waals surface area contributed by atoms with Gasteiger partial charge in [-0.3, -0.25) is 0 Å². The van der Waals surface area contributed by atoms with Gasteiger partial charge in [0.1, 0.15) is 12.4 Å². The van der Waals surface area contributed by atoms with Gasteiger partial charge < -0.3 is 9.84 Å². The largest absolute Gasteiger partial charge is 0.490 e. The lowest BCUT2D eigenvalue weighted by molar-refractivity contribution is 0.173. The number of halogens is 1. The topological polar surface area (TPSA) is 29.5 Å². The molecule has 0 heterocycles. The molecule has 0 fully saturated rings. The van der Waals surface area contributed by atoms with Crippen LogP contribution in [0.4, 0.5) is 0 Å². The highest BCUT2D eigenvalue weighted by atomic mass is 35.5. The first-order valence-corrected chi connectivity index (χ1v) is 5.37. The zero-order valence-electron chi connectivity index (χ0n) is 8.69. The third-order valence-corrected chi connectivity index (χ3v) is 2.27. The van der Waals surface area contributed by atoms with Gasteiger partial charge in [0.25, 0.3) is 0 Å². The highest BCUT2D eigenvalue weighted by molar-refractivity contribution is 6.25. The van der Waals surface area contributed by atoms with E-state index < -0.39 is 0 Å². The number of aliphatic hydroxyl groups excluding tert-OH is 1. The Morgan fingerprint density at radius 3 is 2.60 bits per heavy atom. The molecule has 1 N–H and O–H groups in total. The maximum atomic E-state index is 9.56. The summed E-state index contributed by atoms with van der Waals surface area (Å²) in [6.07, 6.45) is 2.05. The smallest absolute Gasteiger partial charge is 0.119 e. The number of aliphatic hydroxyl groups is 1. The van der Waals surface area contributed by atoms with Crippen molar-refractivity contribution in [3.05, 3.63) is 41.4 Å². The summed E-state index contributed by atoms with van der Waals surface area (Å²) in [5.74, 6) is 0.775. The summed E-state index contributed by atoms with van der Waals surface area (Å²) in [5.41, 5.74) is 2.34. The van der Waals surface area contributed by atoms with Crippen LogP contribution in [0.1, 0.15) is 25.0 Å². The van der Waals surface area contributed by atoms with E-state index in [4.69, 9.17) is 16.3 Å². The van der Waals surface area contributed by atoms with Crippen LogP contribution in [0.5, 0.6) is 5.75 Å². The molecule has 1 aromatic rings. The standard InChI is InChI=1S/C12H15ClO2/c1-2-12(14)10-4-6-11(7-5-10)15-9-3-8-13/h3-8,12,14H,2,9H2,1H3/t12-/m1/s1. The van der Waals surface area contributed by atoms with Gasteiger partial charge >= 0.3 is 0 Å². The second-order valence-corrected chi connectivity index (χ2v) is 3.42. The fourth-order valence-electron chi connectivity index (χ4n) is 1.20. The van der Waals surface area contributed by atoms with Crippen LogP contribution in [0.3, 0.4) is 0 Å². The third kappa shape index (κ3) is 3.94. The van der Waals surface area contributed by atoms with Gasteiger partial charge in [-0.15, -0.1) is 0 Å². The van der Waals surface area contributed by atoms with Crippen LogP contribution in [0.25, 0.3) is 0 Å². The minimum Gasteiger partial charge on any atom is -0.490 e. The monoisotopic (exact) mass is 226 g/mol. The molecule has 0 saturated carbocycles. The van der Waals surface area contributed by atoms with Crippen molar-refractivity contribution in [3.8, 4) is 5.75 Å². The van der Waals surface area contributed by atoms with Crippen molar-refractivity contribution < 1.29 is 9.84 Å². The van der Waals surface area contributed by atoms with Crippen molar-refractivity contribution in [2.24, 2.45) is 0 Å². The summed E-state index contributed by atoms with van der Waals surface area (Å²) >= 11 is 5.36. The van der Waals surface area contributed by atoms with E-state index in [0.29, 0.717) is 6.61 Å². The molecular formula is C12H15ClO2. The van der Waals surface area contributed by atoms with Gasteiger partial charge in [0.15, 0.2) is 0 Å². The fraction of sp³-hybridized carbons (Fsp3) is 0.333. The molecule has 1 rings (SSSR count). The third-order valence-electron chi connectivity index (χ3n) is 2.09. The van der Waals surface area contributed by atoms with Gasteiger partial charge in [-0.1, -0.05) is 30.7 Å². The van der Waals surface area contributed by atoms with E-state index in [1.165, 1.54) is 5.54 Å². The van der Waals surface area contributed by atoms with E-state index in [-0.39, 0.29) is 6.10 Å². The second-order valence-electron chi connectivity index (χ2n) is 3.17. The summed E-state index contributed by atoms with van der Waals surface area (Å²) < 4.78 is 5.36. The summed E-state index contributed by atoms with van der Waals surface area (Å²) in [4.78, 5) is 0. The molecule has 0 aliphatic heterocycles. The zero-order chi connectivity index (χ0) is 11.1. The fourth-order valence-corrected chi connectivity index (χ4v) is 1.28. The minimum atomic E-state index is -0.387. The summed E-state index contributed by atoms with van der Waals surface area (Å²) in [6, 6.07) is 7.42. The average molecular weight is 227 g/mol. The SMILES string of the molecule is CC[C@@H](O)c1ccc(OCC=CCl)cc1. The number of rotatable bonds is 5. The number of hydrogen-bond donors (Lipinski definition) is 1. The van der Waals surface area contributed by atoms with Crippen LogP contribution in [0, 0.1) is 0 Å². The molecule has 0 aliphatic carbocycles. The molecule has 0 aromatic heterocycles. The Kier molecular flexibility index (Phi) is 5.22. The second kappa shape index (κ2) is 6.49. The minimum absolute atomic E-state index is 0.387. The van der Waals surface area contributed by atoms with Gasteiger partial charge in [-0.05, 0) is 30.2 Å². The number of ether oxygens (including phenoxy) is 1. The van der Waals surface area contributed by atoms with Gasteiger partial charge in [-0.25, -0.2) is 0 Å². The molecule has 15 heavy (non-hydrogen) atoms. The molecule has 1 atom stereocenters. The molecule has 0 bridgehead atoms. The number of benzene rings is 1. The predicted molar refractivity (Wildman–Crippen MR) is 62.2 cm³/mol. The van der Waals surface area contributed by atoms with Crippen LogP contribution >= 0.6 is 11.6 Å². The lowest BCUT2D eigenvalue weighted by Crippen LogP contribution is -1.96. The van der Waals surface area contributed by atoms with E-state index in [0.717, 1.165) is 17.7 Å². The highest BCUT2D eigenvalue weighted by Crippen LogP contribution is 2.19. The van der Waals surface area contributed by atoms with Gasteiger partial charge in [0.05, 0.1) is 6.10 Å². The molecular weight excluding hydrogens is 212 g/mol. The highest BCUT2D eigenvalue weighted by Gasteiger charge is 2.03. The van der Waals surface area contributed by atoms with Crippen molar-refractivity contribution in [3.63, 3.8) is 0 Å². The molecule has 0 saturated heterocycles. The van der Waals surface area contributed by atoms with E-state index >= 15 is 0 Å². The Balaban J connectivity index is 2.56. The first kappa shape index (κ1) is 12.1. The molecule has 2 nitrogen and oxygen atoms in total. The van der Waals surface area contributed by atoms with E-state index in [1.807, 2.05) is 31.2 Å². The van der Waals surface area contributed by atoms with Gasteiger partial charge in [0, 0.05) is 5.54 Å². The molecule has 0 aliphatic rings. The lowest BCUT2D eigenvalue weighted by atomic mass is 10.1. The van der Waals surface area contributed by atoms with E-state index in [1.54, 1.807) is 6.08 Å². The molecule has 0 amide bonds.